The fourth-order valence-corrected chi connectivity index (χ4v) is 4.44. The summed E-state index contributed by atoms with van der Waals surface area (Å²) in [6.45, 7) is 12.7. The number of rotatable bonds is 9. The lowest BCUT2D eigenvalue weighted by atomic mass is 9.83. The molecular weight excluding hydrogens is 394 g/mol. The van der Waals surface area contributed by atoms with E-state index in [0.29, 0.717) is 5.41 Å². The van der Waals surface area contributed by atoms with Gasteiger partial charge in [0, 0.05) is 60.0 Å². The largest absolute Gasteiger partial charge is 0.444 e. The van der Waals surface area contributed by atoms with Gasteiger partial charge in [-0.3, -0.25) is 9.89 Å². The van der Waals surface area contributed by atoms with Crippen molar-refractivity contribution >= 4 is 12.1 Å². The highest BCUT2D eigenvalue weighted by atomic mass is 16.6. The van der Waals surface area contributed by atoms with Crippen LogP contribution in [0.3, 0.4) is 0 Å². The molecule has 31 heavy (non-hydrogen) atoms. The number of guanidine groups is 1. The van der Waals surface area contributed by atoms with Gasteiger partial charge >= 0.3 is 6.09 Å². The zero-order chi connectivity index (χ0) is 22.7. The van der Waals surface area contributed by atoms with Crippen LogP contribution in [0.15, 0.2) is 4.99 Å². The Morgan fingerprint density at radius 1 is 1.10 bits per heavy atom. The number of hydrogen-bond acceptors (Lipinski definition) is 5. The smallest absolute Gasteiger partial charge is 0.410 e. The molecule has 0 atom stereocenters. The van der Waals surface area contributed by atoms with Crippen LogP contribution >= 0.6 is 0 Å². The molecule has 0 unspecified atom stereocenters. The fourth-order valence-electron chi connectivity index (χ4n) is 4.44. The lowest BCUT2D eigenvalue weighted by Crippen LogP contribution is -2.50. The molecule has 0 spiro atoms. The van der Waals surface area contributed by atoms with Crippen LogP contribution in [0.5, 0.6) is 0 Å². The van der Waals surface area contributed by atoms with Crippen molar-refractivity contribution in [1.29, 1.82) is 0 Å². The van der Waals surface area contributed by atoms with Crippen molar-refractivity contribution in [3.8, 4) is 0 Å². The second-order valence-corrected chi connectivity index (χ2v) is 9.97. The maximum atomic E-state index is 12.2. The molecule has 1 saturated heterocycles. The van der Waals surface area contributed by atoms with Gasteiger partial charge in [-0.25, -0.2) is 4.79 Å². The predicted octanol–water partition coefficient (Wildman–Crippen LogP) is 2.69. The molecule has 1 aliphatic carbocycles. The molecule has 1 aliphatic heterocycles. The second-order valence-electron chi connectivity index (χ2n) is 9.97. The van der Waals surface area contributed by atoms with E-state index in [2.05, 4.69) is 20.5 Å². The van der Waals surface area contributed by atoms with Crippen molar-refractivity contribution in [2.75, 3.05) is 66.6 Å². The van der Waals surface area contributed by atoms with Crippen molar-refractivity contribution < 1.29 is 14.3 Å². The van der Waals surface area contributed by atoms with E-state index >= 15 is 0 Å². The summed E-state index contributed by atoms with van der Waals surface area (Å²) in [4.78, 5) is 20.8. The number of nitrogens with zero attached hydrogens (tertiary/aromatic N) is 3. The van der Waals surface area contributed by atoms with Crippen molar-refractivity contribution in [3.63, 3.8) is 0 Å². The van der Waals surface area contributed by atoms with Gasteiger partial charge in [-0.15, -0.1) is 0 Å². The van der Waals surface area contributed by atoms with Crippen LogP contribution in [0.25, 0.3) is 0 Å². The average Bonchev–Trinajstić information content (AvgIpc) is 3.20. The van der Waals surface area contributed by atoms with Gasteiger partial charge in [0.05, 0.1) is 0 Å². The number of aliphatic imine (C=N–C) groups is 1. The van der Waals surface area contributed by atoms with Crippen LogP contribution in [0.4, 0.5) is 4.79 Å². The Morgan fingerprint density at radius 2 is 1.77 bits per heavy atom. The predicted molar refractivity (Wildman–Crippen MR) is 126 cm³/mol. The highest BCUT2D eigenvalue weighted by Crippen LogP contribution is 2.40. The third-order valence-electron chi connectivity index (χ3n) is 6.32. The van der Waals surface area contributed by atoms with Crippen molar-refractivity contribution in [2.45, 2.75) is 64.9 Å². The molecule has 1 heterocycles. The summed E-state index contributed by atoms with van der Waals surface area (Å²) in [7, 11) is 3.62. The third kappa shape index (κ3) is 9.23. The van der Waals surface area contributed by atoms with E-state index in [4.69, 9.17) is 9.47 Å². The van der Waals surface area contributed by atoms with Crippen LogP contribution < -0.4 is 10.6 Å². The fraction of sp³-hybridized carbons (Fsp3) is 0.913. The summed E-state index contributed by atoms with van der Waals surface area (Å²) in [5, 5.41) is 7.00. The van der Waals surface area contributed by atoms with E-state index in [1.54, 1.807) is 7.11 Å². The van der Waals surface area contributed by atoms with E-state index in [9.17, 15) is 4.79 Å². The van der Waals surface area contributed by atoms with Gasteiger partial charge in [-0.05, 0) is 58.4 Å². The minimum absolute atomic E-state index is 0.200. The van der Waals surface area contributed by atoms with Gasteiger partial charge in [0.1, 0.15) is 5.60 Å². The Labute approximate surface area is 189 Å². The maximum Gasteiger partial charge on any atom is 0.410 e. The van der Waals surface area contributed by atoms with E-state index in [-0.39, 0.29) is 6.09 Å². The SMILES string of the molecule is CN=C(NCCCN1CCN(C(=O)OC(C)(C)C)CC1)NCC1(CCOC)CCCC1. The Hall–Kier alpha value is -1.54. The number of carbonyl (C=O) groups is 1. The van der Waals surface area contributed by atoms with Crippen LogP contribution in [0, 0.1) is 5.41 Å². The Balaban J connectivity index is 1.62. The van der Waals surface area contributed by atoms with E-state index < -0.39 is 5.60 Å². The molecule has 2 aliphatic rings. The lowest BCUT2D eigenvalue weighted by Gasteiger charge is -2.35. The number of piperazine rings is 1. The summed E-state index contributed by atoms with van der Waals surface area (Å²) in [6.07, 6.45) is 7.14. The van der Waals surface area contributed by atoms with Gasteiger partial charge < -0.3 is 25.0 Å². The molecule has 8 nitrogen and oxygen atoms in total. The molecule has 0 aromatic heterocycles. The maximum absolute atomic E-state index is 12.2. The molecule has 0 bridgehead atoms. The van der Waals surface area contributed by atoms with Crippen LogP contribution in [0.1, 0.15) is 59.3 Å². The highest BCUT2D eigenvalue weighted by Gasteiger charge is 2.33. The van der Waals surface area contributed by atoms with Crippen molar-refractivity contribution in [1.82, 2.24) is 20.4 Å². The standard InChI is InChI=1S/C23H45N5O3/c1-22(2,3)31-21(29)28-16-14-27(15-17-28)13-8-12-25-20(24-4)26-19-23(11-18-30-5)9-6-7-10-23/h6-19H2,1-5H3,(H2,24,25,26). The average molecular weight is 440 g/mol. The molecule has 180 valence electrons. The quantitative estimate of drug-likeness (QED) is 0.327. The van der Waals surface area contributed by atoms with E-state index in [1.807, 2.05) is 32.7 Å². The van der Waals surface area contributed by atoms with Gasteiger partial charge in [0.15, 0.2) is 5.96 Å². The number of methoxy groups -OCH3 is 1. The highest BCUT2D eigenvalue weighted by molar-refractivity contribution is 5.79. The molecule has 8 heteroatoms. The lowest BCUT2D eigenvalue weighted by molar-refractivity contribution is 0.0145. The minimum Gasteiger partial charge on any atom is -0.444 e. The van der Waals surface area contributed by atoms with Crippen molar-refractivity contribution in [2.24, 2.45) is 10.4 Å². The van der Waals surface area contributed by atoms with Gasteiger partial charge in [0.2, 0.25) is 0 Å². The Kier molecular flexibility index (Phi) is 10.4. The van der Waals surface area contributed by atoms with Crippen molar-refractivity contribution in [3.05, 3.63) is 0 Å². The summed E-state index contributed by atoms with van der Waals surface area (Å²) in [6, 6.07) is 0. The number of nitrogens with one attached hydrogen (secondary N) is 2. The first-order valence-corrected chi connectivity index (χ1v) is 11.9. The summed E-state index contributed by atoms with van der Waals surface area (Å²) in [5.41, 5.74) is -0.0882. The van der Waals surface area contributed by atoms with E-state index in [0.717, 1.165) is 71.2 Å². The Bertz CT molecular complexity index is 562. The van der Waals surface area contributed by atoms with Crippen LogP contribution in [0.2, 0.25) is 0 Å². The summed E-state index contributed by atoms with van der Waals surface area (Å²) in [5.74, 6) is 0.887. The number of hydrogen-bond donors (Lipinski definition) is 2. The zero-order valence-electron chi connectivity index (χ0n) is 20.5. The van der Waals surface area contributed by atoms with Crippen LogP contribution in [-0.2, 0) is 9.47 Å². The minimum atomic E-state index is -0.437. The topological polar surface area (TPSA) is 78.4 Å². The van der Waals surface area contributed by atoms with Gasteiger partial charge in [-0.1, -0.05) is 12.8 Å². The number of ether oxygens (including phenoxy) is 2. The normalized spacial score (nSPS) is 20.0. The van der Waals surface area contributed by atoms with Gasteiger partial charge in [0.25, 0.3) is 0 Å². The molecule has 0 aromatic rings. The molecular formula is C23H45N5O3. The summed E-state index contributed by atoms with van der Waals surface area (Å²) >= 11 is 0. The zero-order valence-corrected chi connectivity index (χ0v) is 20.5. The molecule has 2 rings (SSSR count). The first-order chi connectivity index (χ1) is 14.8. The van der Waals surface area contributed by atoms with E-state index in [1.165, 1.54) is 25.7 Å². The van der Waals surface area contributed by atoms with Crippen LogP contribution in [-0.4, -0.2) is 94.0 Å². The molecule has 2 fully saturated rings. The molecule has 0 aromatic carbocycles. The Morgan fingerprint density at radius 3 is 2.35 bits per heavy atom. The summed E-state index contributed by atoms with van der Waals surface area (Å²) < 4.78 is 10.8. The second kappa shape index (κ2) is 12.5. The first kappa shape index (κ1) is 25.7. The molecule has 0 radical (unpaired) electrons. The monoisotopic (exact) mass is 439 g/mol. The first-order valence-electron chi connectivity index (χ1n) is 11.9. The number of amides is 1. The van der Waals surface area contributed by atoms with Gasteiger partial charge in [-0.2, -0.15) is 0 Å². The molecule has 1 amide bonds. The third-order valence-corrected chi connectivity index (χ3v) is 6.32. The molecule has 1 saturated carbocycles. The number of carbonyl (C=O) groups excluding carboxylic acids is 1. The molecule has 2 N–H and O–H groups in total.